The number of rotatable bonds is 1. The SMILES string of the molecule is CN1CC[C@@]23CCCC[C@@H]2[C@@H]1Cc1cc([N+](=O)[O-])c(N)cc13. The molecule has 5 heteroatoms. The van der Waals surface area contributed by atoms with Gasteiger partial charge in [-0.3, -0.25) is 10.1 Å². The quantitative estimate of drug-likeness (QED) is 0.492. The number of nitrogen functional groups attached to an aromatic ring is 1. The second kappa shape index (κ2) is 4.69. The van der Waals surface area contributed by atoms with E-state index in [-0.39, 0.29) is 16.0 Å². The van der Waals surface area contributed by atoms with Crippen LogP contribution in [0.5, 0.6) is 0 Å². The maximum absolute atomic E-state index is 11.2. The minimum Gasteiger partial charge on any atom is -0.393 e. The van der Waals surface area contributed by atoms with E-state index in [2.05, 4.69) is 11.9 Å². The van der Waals surface area contributed by atoms with Crippen molar-refractivity contribution in [3.8, 4) is 0 Å². The van der Waals surface area contributed by atoms with Crippen LogP contribution in [0.4, 0.5) is 11.4 Å². The summed E-state index contributed by atoms with van der Waals surface area (Å²) in [5.41, 5.74) is 9.12. The van der Waals surface area contributed by atoms with E-state index < -0.39 is 0 Å². The number of hydrogen-bond acceptors (Lipinski definition) is 4. The highest BCUT2D eigenvalue weighted by Gasteiger charge is 2.53. The molecular formula is C17H23N3O2. The van der Waals surface area contributed by atoms with Crippen molar-refractivity contribution in [3.63, 3.8) is 0 Å². The highest BCUT2D eigenvalue weighted by molar-refractivity contribution is 5.64. The van der Waals surface area contributed by atoms with E-state index in [1.165, 1.54) is 31.2 Å². The monoisotopic (exact) mass is 301 g/mol. The van der Waals surface area contributed by atoms with Gasteiger partial charge in [0.2, 0.25) is 0 Å². The maximum Gasteiger partial charge on any atom is 0.292 e. The Morgan fingerprint density at radius 2 is 2.18 bits per heavy atom. The van der Waals surface area contributed by atoms with Crippen LogP contribution < -0.4 is 5.73 Å². The first-order valence-electron chi connectivity index (χ1n) is 8.30. The maximum atomic E-state index is 11.2. The molecule has 2 fully saturated rings. The molecule has 3 aliphatic rings. The van der Waals surface area contributed by atoms with Crippen molar-refractivity contribution in [2.45, 2.75) is 50.0 Å². The van der Waals surface area contributed by atoms with Gasteiger partial charge in [0, 0.05) is 17.5 Å². The first-order chi connectivity index (χ1) is 10.5. The molecule has 0 amide bonds. The lowest BCUT2D eigenvalue weighted by atomic mass is 9.52. The Morgan fingerprint density at radius 1 is 1.36 bits per heavy atom. The number of benzene rings is 1. The first kappa shape index (κ1) is 14.0. The number of nitro groups is 1. The molecule has 1 aromatic carbocycles. The molecule has 3 atom stereocenters. The van der Waals surface area contributed by atoms with Crippen molar-refractivity contribution in [1.82, 2.24) is 4.90 Å². The minimum atomic E-state index is -0.347. The molecule has 1 aliphatic heterocycles. The van der Waals surface area contributed by atoms with Crippen LogP contribution in [-0.4, -0.2) is 29.5 Å². The molecular weight excluding hydrogens is 278 g/mol. The molecule has 0 radical (unpaired) electrons. The predicted molar refractivity (Wildman–Crippen MR) is 85.9 cm³/mol. The Morgan fingerprint density at radius 3 is 2.95 bits per heavy atom. The molecule has 1 heterocycles. The molecule has 22 heavy (non-hydrogen) atoms. The summed E-state index contributed by atoms with van der Waals surface area (Å²) < 4.78 is 0. The third-order valence-electron chi connectivity index (χ3n) is 6.45. The average molecular weight is 301 g/mol. The van der Waals surface area contributed by atoms with E-state index in [9.17, 15) is 10.1 Å². The van der Waals surface area contributed by atoms with E-state index in [0.29, 0.717) is 17.6 Å². The number of likely N-dealkylation sites (tertiary alicyclic amines) is 1. The van der Waals surface area contributed by atoms with Crippen molar-refractivity contribution in [3.05, 3.63) is 33.4 Å². The molecule has 2 N–H and O–H groups in total. The standard InChI is InChI=1S/C17H23N3O2/c1-19-7-6-17-5-3-2-4-12(17)15(19)8-11-9-16(20(21)22)14(18)10-13(11)17/h9-10,12,15H,2-8,18H2,1H3/t12-,15+,17+/m1/s1. The van der Waals surface area contributed by atoms with Gasteiger partial charge in [-0.05, 0) is 62.4 Å². The van der Waals surface area contributed by atoms with Crippen LogP contribution in [0.2, 0.25) is 0 Å². The van der Waals surface area contributed by atoms with Crippen molar-refractivity contribution < 1.29 is 4.92 Å². The molecule has 1 aromatic rings. The van der Waals surface area contributed by atoms with Crippen LogP contribution in [0.1, 0.15) is 43.2 Å². The molecule has 1 saturated carbocycles. The Balaban J connectivity index is 1.91. The first-order valence-corrected chi connectivity index (χ1v) is 8.30. The van der Waals surface area contributed by atoms with Crippen LogP contribution in [-0.2, 0) is 11.8 Å². The number of fused-ring (bicyclic) bond motifs is 1. The number of piperidine rings is 1. The summed E-state index contributed by atoms with van der Waals surface area (Å²) in [5.74, 6) is 0.688. The Kier molecular flexibility index (Phi) is 2.98. The number of nitrogens with zero attached hydrogens (tertiary/aromatic N) is 2. The molecule has 0 unspecified atom stereocenters. The van der Waals surface area contributed by atoms with E-state index in [4.69, 9.17) is 5.73 Å². The molecule has 0 aromatic heterocycles. The van der Waals surface area contributed by atoms with Gasteiger partial charge in [0.1, 0.15) is 5.69 Å². The van der Waals surface area contributed by atoms with Gasteiger partial charge in [-0.15, -0.1) is 0 Å². The van der Waals surface area contributed by atoms with Gasteiger partial charge in [-0.1, -0.05) is 12.8 Å². The van der Waals surface area contributed by atoms with Crippen molar-refractivity contribution in [2.75, 3.05) is 19.3 Å². The lowest BCUT2D eigenvalue weighted by molar-refractivity contribution is -0.384. The van der Waals surface area contributed by atoms with E-state index in [0.717, 1.165) is 24.9 Å². The highest BCUT2D eigenvalue weighted by atomic mass is 16.6. The Hall–Kier alpha value is -1.62. The van der Waals surface area contributed by atoms with Gasteiger partial charge in [0.05, 0.1) is 4.92 Å². The topological polar surface area (TPSA) is 72.4 Å². The molecule has 5 nitrogen and oxygen atoms in total. The zero-order chi connectivity index (χ0) is 15.5. The number of nitro benzene ring substituents is 1. The number of hydrogen-bond donors (Lipinski definition) is 1. The predicted octanol–water partition coefficient (Wildman–Crippen LogP) is 2.87. The zero-order valence-corrected chi connectivity index (χ0v) is 13.0. The van der Waals surface area contributed by atoms with Gasteiger partial charge in [-0.25, -0.2) is 0 Å². The van der Waals surface area contributed by atoms with Gasteiger partial charge < -0.3 is 10.6 Å². The second-order valence-corrected chi connectivity index (χ2v) is 7.34. The molecule has 2 aliphatic carbocycles. The number of anilines is 1. The van der Waals surface area contributed by atoms with Crippen LogP contribution >= 0.6 is 0 Å². The van der Waals surface area contributed by atoms with Gasteiger partial charge in [-0.2, -0.15) is 0 Å². The largest absolute Gasteiger partial charge is 0.393 e. The van der Waals surface area contributed by atoms with E-state index in [1.54, 1.807) is 6.07 Å². The van der Waals surface area contributed by atoms with Crippen molar-refractivity contribution >= 4 is 11.4 Å². The summed E-state index contributed by atoms with van der Waals surface area (Å²) in [6, 6.07) is 4.22. The molecule has 118 valence electrons. The number of likely N-dealkylation sites (N-methyl/N-ethyl adjacent to an activating group) is 1. The lowest BCUT2D eigenvalue weighted by Gasteiger charge is -2.58. The molecule has 4 rings (SSSR count). The Labute approximate surface area is 130 Å². The Bertz CT molecular complexity index is 645. The fraction of sp³-hybridized carbons (Fsp3) is 0.647. The van der Waals surface area contributed by atoms with Crippen LogP contribution in [0.3, 0.4) is 0 Å². The molecule has 0 spiro atoms. The molecule has 2 bridgehead atoms. The normalized spacial score (nSPS) is 33.9. The fourth-order valence-corrected chi connectivity index (χ4v) is 5.42. The van der Waals surface area contributed by atoms with Crippen molar-refractivity contribution in [1.29, 1.82) is 0 Å². The van der Waals surface area contributed by atoms with Crippen molar-refractivity contribution in [2.24, 2.45) is 5.92 Å². The summed E-state index contributed by atoms with van der Waals surface area (Å²) in [4.78, 5) is 13.3. The third-order valence-corrected chi connectivity index (χ3v) is 6.45. The highest BCUT2D eigenvalue weighted by Crippen LogP contribution is 2.56. The van der Waals surface area contributed by atoms with Gasteiger partial charge in [0.25, 0.3) is 5.69 Å². The summed E-state index contributed by atoms with van der Waals surface area (Å²) in [7, 11) is 2.21. The molecule has 1 saturated heterocycles. The summed E-state index contributed by atoms with van der Waals surface area (Å²) in [6.07, 6.45) is 7.17. The lowest BCUT2D eigenvalue weighted by Crippen LogP contribution is -2.59. The van der Waals surface area contributed by atoms with Crippen LogP contribution in [0, 0.1) is 16.0 Å². The fourth-order valence-electron chi connectivity index (χ4n) is 5.42. The minimum absolute atomic E-state index is 0.0742. The smallest absolute Gasteiger partial charge is 0.292 e. The zero-order valence-electron chi connectivity index (χ0n) is 13.0. The average Bonchev–Trinajstić information content (AvgIpc) is 2.51. The van der Waals surface area contributed by atoms with Gasteiger partial charge in [0.15, 0.2) is 0 Å². The third kappa shape index (κ3) is 1.75. The van der Waals surface area contributed by atoms with Crippen LogP contribution in [0.25, 0.3) is 0 Å². The number of nitrogens with two attached hydrogens (primary N) is 1. The van der Waals surface area contributed by atoms with Crippen LogP contribution in [0.15, 0.2) is 12.1 Å². The van der Waals surface area contributed by atoms with E-state index in [1.807, 2.05) is 6.07 Å². The second-order valence-electron chi connectivity index (χ2n) is 7.34. The van der Waals surface area contributed by atoms with Gasteiger partial charge >= 0.3 is 0 Å². The summed E-state index contributed by atoms with van der Waals surface area (Å²) in [6.45, 7) is 1.12. The van der Waals surface area contributed by atoms with E-state index >= 15 is 0 Å². The summed E-state index contributed by atoms with van der Waals surface area (Å²) in [5, 5.41) is 11.2. The summed E-state index contributed by atoms with van der Waals surface area (Å²) >= 11 is 0.